The molecule has 0 bridgehead atoms. The second-order valence-electron chi connectivity index (χ2n) is 7.79. The van der Waals surface area contributed by atoms with Gasteiger partial charge in [-0.1, -0.05) is 30.3 Å². The molecule has 0 saturated heterocycles. The van der Waals surface area contributed by atoms with E-state index in [4.69, 9.17) is 4.74 Å². The third-order valence-electron chi connectivity index (χ3n) is 3.85. The predicted molar refractivity (Wildman–Crippen MR) is 108 cm³/mol. The van der Waals surface area contributed by atoms with Gasteiger partial charge in [-0.3, -0.25) is 4.79 Å². The predicted octanol–water partition coefficient (Wildman–Crippen LogP) is 3.93. The molecule has 0 aromatic heterocycles. The van der Waals surface area contributed by atoms with E-state index in [9.17, 15) is 9.59 Å². The summed E-state index contributed by atoms with van der Waals surface area (Å²) in [7, 11) is 3.86. The van der Waals surface area contributed by atoms with E-state index in [1.54, 1.807) is 12.1 Å². The van der Waals surface area contributed by atoms with Crippen LogP contribution < -0.4 is 5.32 Å². The van der Waals surface area contributed by atoms with Crippen molar-refractivity contribution >= 4 is 17.6 Å². The van der Waals surface area contributed by atoms with Gasteiger partial charge in [-0.2, -0.15) is 0 Å². The molecule has 1 amide bonds. The molecular weight excluding hydrogens is 340 g/mol. The smallest absolute Gasteiger partial charge is 0.338 e. The molecule has 0 heterocycles. The number of hydrogen-bond donors (Lipinski definition) is 1. The van der Waals surface area contributed by atoms with Crippen molar-refractivity contribution in [1.29, 1.82) is 0 Å². The summed E-state index contributed by atoms with van der Waals surface area (Å²) >= 11 is 0. The van der Waals surface area contributed by atoms with Crippen LogP contribution in [0, 0.1) is 0 Å². The van der Waals surface area contributed by atoms with Crippen molar-refractivity contribution in [1.82, 2.24) is 4.90 Å². The summed E-state index contributed by atoms with van der Waals surface area (Å²) in [6.07, 6.45) is 0. The molecule has 0 saturated carbocycles. The van der Waals surface area contributed by atoms with Gasteiger partial charge in [0.15, 0.2) is 0 Å². The molecule has 0 fully saturated rings. The van der Waals surface area contributed by atoms with E-state index >= 15 is 0 Å². The Hall–Kier alpha value is -2.66. The van der Waals surface area contributed by atoms with E-state index in [2.05, 4.69) is 5.32 Å². The zero-order valence-corrected chi connectivity index (χ0v) is 16.7. The minimum atomic E-state index is -0.543. The van der Waals surface area contributed by atoms with E-state index in [-0.39, 0.29) is 17.8 Å². The molecule has 1 N–H and O–H groups in total. The quantitative estimate of drug-likeness (QED) is 0.785. The van der Waals surface area contributed by atoms with Crippen LogP contribution in [0.4, 0.5) is 5.69 Å². The highest BCUT2D eigenvalue weighted by molar-refractivity contribution is 5.96. The molecule has 1 atom stereocenters. The monoisotopic (exact) mass is 368 g/mol. The van der Waals surface area contributed by atoms with Crippen molar-refractivity contribution in [2.75, 3.05) is 26.0 Å². The van der Waals surface area contributed by atoms with Crippen LogP contribution in [0.3, 0.4) is 0 Å². The Morgan fingerprint density at radius 2 is 1.59 bits per heavy atom. The van der Waals surface area contributed by atoms with Gasteiger partial charge in [0.2, 0.25) is 5.91 Å². The summed E-state index contributed by atoms with van der Waals surface area (Å²) in [6.45, 7) is 6.06. The highest BCUT2D eigenvalue weighted by Gasteiger charge is 2.23. The number of esters is 1. The maximum absolute atomic E-state index is 12.8. The normalized spacial score (nSPS) is 12.5. The molecule has 0 aliphatic heterocycles. The minimum absolute atomic E-state index is 0.0834. The first kappa shape index (κ1) is 20.6. The van der Waals surface area contributed by atoms with Gasteiger partial charge in [0, 0.05) is 12.2 Å². The third kappa shape index (κ3) is 6.53. The summed E-state index contributed by atoms with van der Waals surface area (Å²) in [5.41, 5.74) is 1.54. The number of nitrogens with one attached hydrogen (secondary N) is 1. The van der Waals surface area contributed by atoms with E-state index in [0.29, 0.717) is 12.1 Å². The fraction of sp³-hybridized carbons (Fsp3) is 0.364. The Balaban J connectivity index is 2.18. The summed E-state index contributed by atoms with van der Waals surface area (Å²) < 4.78 is 5.39. The summed E-state index contributed by atoms with van der Waals surface area (Å²) in [4.78, 5) is 27.0. The molecule has 144 valence electrons. The van der Waals surface area contributed by atoms with Crippen LogP contribution in [-0.4, -0.2) is 43.0 Å². The Morgan fingerprint density at radius 3 is 2.11 bits per heavy atom. The van der Waals surface area contributed by atoms with Crippen LogP contribution in [0.1, 0.15) is 42.6 Å². The van der Waals surface area contributed by atoms with Crippen molar-refractivity contribution in [2.24, 2.45) is 0 Å². The highest BCUT2D eigenvalue weighted by Crippen LogP contribution is 2.21. The number of ether oxygens (including phenoxy) is 1. The molecule has 2 aromatic rings. The van der Waals surface area contributed by atoms with Crippen LogP contribution in [0.15, 0.2) is 54.6 Å². The van der Waals surface area contributed by atoms with Crippen LogP contribution in [0.2, 0.25) is 0 Å². The lowest BCUT2D eigenvalue weighted by atomic mass is 9.96. The first-order valence-corrected chi connectivity index (χ1v) is 8.99. The van der Waals surface area contributed by atoms with Crippen molar-refractivity contribution in [3.8, 4) is 0 Å². The lowest BCUT2D eigenvalue weighted by Gasteiger charge is -2.22. The van der Waals surface area contributed by atoms with Gasteiger partial charge < -0.3 is 15.0 Å². The highest BCUT2D eigenvalue weighted by atomic mass is 16.6. The molecule has 2 aromatic carbocycles. The number of hydrogen-bond acceptors (Lipinski definition) is 4. The molecule has 0 radical (unpaired) electrons. The second-order valence-corrected chi connectivity index (χ2v) is 7.79. The molecule has 0 spiro atoms. The van der Waals surface area contributed by atoms with Crippen molar-refractivity contribution in [3.63, 3.8) is 0 Å². The average Bonchev–Trinajstić information content (AvgIpc) is 2.59. The summed E-state index contributed by atoms with van der Waals surface area (Å²) in [6, 6.07) is 16.4. The largest absolute Gasteiger partial charge is 0.456 e. The molecule has 5 heteroatoms. The van der Waals surface area contributed by atoms with Gasteiger partial charge in [0.05, 0.1) is 11.5 Å². The van der Waals surface area contributed by atoms with E-state index in [0.717, 1.165) is 11.3 Å². The fourth-order valence-electron chi connectivity index (χ4n) is 2.64. The number of amides is 1. The number of likely N-dealkylation sites (N-methyl/N-ethyl adjacent to an activating group) is 1. The molecule has 27 heavy (non-hydrogen) atoms. The standard InChI is InChI=1S/C22H28N2O3/c1-22(2,3)27-21(26)17-13-11-16(12-14-17)19(15-24(4)5)20(25)23-18-9-7-6-8-10-18/h6-14,19H,15H2,1-5H3,(H,23,25). The van der Waals surface area contributed by atoms with Crippen molar-refractivity contribution in [2.45, 2.75) is 32.3 Å². The van der Waals surface area contributed by atoms with Crippen LogP contribution in [0.5, 0.6) is 0 Å². The van der Waals surface area contributed by atoms with Gasteiger partial charge in [0.1, 0.15) is 5.60 Å². The summed E-state index contributed by atoms with van der Waals surface area (Å²) in [5, 5.41) is 2.96. The number of nitrogens with zero attached hydrogens (tertiary/aromatic N) is 1. The SMILES string of the molecule is CN(C)CC(C(=O)Nc1ccccc1)c1ccc(C(=O)OC(C)(C)C)cc1. The van der Waals surface area contributed by atoms with E-state index in [1.165, 1.54) is 0 Å². The van der Waals surface area contributed by atoms with Gasteiger partial charge in [-0.05, 0) is 64.7 Å². The summed E-state index contributed by atoms with van der Waals surface area (Å²) in [5.74, 6) is -0.806. The maximum atomic E-state index is 12.8. The molecule has 2 rings (SSSR count). The Bertz CT molecular complexity index is 762. The molecule has 0 aliphatic carbocycles. The average molecular weight is 368 g/mol. The topological polar surface area (TPSA) is 58.6 Å². The molecule has 1 unspecified atom stereocenters. The fourth-order valence-corrected chi connectivity index (χ4v) is 2.64. The lowest BCUT2D eigenvalue weighted by molar-refractivity contribution is -0.117. The maximum Gasteiger partial charge on any atom is 0.338 e. The minimum Gasteiger partial charge on any atom is -0.456 e. The van der Waals surface area contributed by atoms with Gasteiger partial charge in [0.25, 0.3) is 0 Å². The number of anilines is 1. The zero-order valence-electron chi connectivity index (χ0n) is 16.7. The van der Waals surface area contributed by atoms with E-state index < -0.39 is 5.60 Å². The molecule has 0 aliphatic rings. The number of carbonyl (C=O) groups excluding carboxylic acids is 2. The van der Waals surface area contributed by atoms with Crippen molar-refractivity contribution < 1.29 is 14.3 Å². The number of rotatable bonds is 6. The van der Waals surface area contributed by atoms with E-state index in [1.807, 2.05) is 82.2 Å². The van der Waals surface area contributed by atoms with Gasteiger partial charge >= 0.3 is 5.97 Å². The lowest BCUT2D eigenvalue weighted by Crippen LogP contribution is -2.30. The number of benzene rings is 2. The van der Waals surface area contributed by atoms with Gasteiger partial charge in [-0.25, -0.2) is 4.79 Å². The Labute approximate surface area is 161 Å². The molecular formula is C22H28N2O3. The van der Waals surface area contributed by atoms with Crippen LogP contribution >= 0.6 is 0 Å². The first-order chi connectivity index (χ1) is 12.7. The molecule has 5 nitrogen and oxygen atoms in total. The van der Waals surface area contributed by atoms with Crippen LogP contribution in [0.25, 0.3) is 0 Å². The third-order valence-corrected chi connectivity index (χ3v) is 3.85. The second kappa shape index (κ2) is 8.82. The Kier molecular flexibility index (Phi) is 6.75. The van der Waals surface area contributed by atoms with Gasteiger partial charge in [-0.15, -0.1) is 0 Å². The van der Waals surface area contributed by atoms with Crippen LogP contribution in [-0.2, 0) is 9.53 Å². The number of para-hydroxylation sites is 1. The number of carbonyl (C=O) groups is 2. The Morgan fingerprint density at radius 1 is 1.00 bits per heavy atom. The first-order valence-electron chi connectivity index (χ1n) is 8.99. The van der Waals surface area contributed by atoms with Crippen molar-refractivity contribution in [3.05, 3.63) is 65.7 Å². The zero-order chi connectivity index (χ0) is 20.0.